The van der Waals surface area contributed by atoms with Crippen LogP contribution in [0, 0.1) is 34.6 Å². The van der Waals surface area contributed by atoms with Crippen LogP contribution in [0.1, 0.15) is 34.0 Å². The number of carbonyl (C=O) groups excluding carboxylic acids is 1. The highest BCUT2D eigenvalue weighted by Crippen LogP contribution is 2.18. The number of aryl methyl sites for hydroxylation is 5. The van der Waals surface area contributed by atoms with Crippen LogP contribution in [0.5, 0.6) is 0 Å². The van der Waals surface area contributed by atoms with E-state index in [1.807, 2.05) is 40.7 Å². The molecule has 154 valence electrons. The van der Waals surface area contributed by atoms with Gasteiger partial charge in [-0.3, -0.25) is 14.7 Å². The summed E-state index contributed by atoms with van der Waals surface area (Å²) in [5.74, 6) is 0.653. The molecule has 0 bridgehead atoms. The number of H-pyrrole nitrogens is 1. The van der Waals surface area contributed by atoms with Crippen LogP contribution in [-0.4, -0.2) is 40.3 Å². The number of anilines is 1. The zero-order valence-corrected chi connectivity index (χ0v) is 17.4. The lowest BCUT2D eigenvalue weighted by Crippen LogP contribution is -2.20. The van der Waals surface area contributed by atoms with E-state index in [1.54, 1.807) is 10.6 Å². The summed E-state index contributed by atoms with van der Waals surface area (Å²) in [4.78, 5) is 37.8. The molecular formula is C20H22N8O2. The maximum absolute atomic E-state index is 12.9. The van der Waals surface area contributed by atoms with Gasteiger partial charge in [0, 0.05) is 40.5 Å². The molecule has 4 aromatic rings. The van der Waals surface area contributed by atoms with E-state index in [9.17, 15) is 9.59 Å². The fraction of sp³-hybridized carbons (Fsp3) is 0.300. The van der Waals surface area contributed by atoms with E-state index < -0.39 is 0 Å². The second kappa shape index (κ2) is 7.21. The highest BCUT2D eigenvalue weighted by molar-refractivity contribution is 5.92. The van der Waals surface area contributed by atoms with Gasteiger partial charge < -0.3 is 5.32 Å². The van der Waals surface area contributed by atoms with E-state index in [4.69, 9.17) is 0 Å². The quantitative estimate of drug-likeness (QED) is 0.532. The summed E-state index contributed by atoms with van der Waals surface area (Å²) in [6, 6.07) is 5.07. The first-order valence-electron chi connectivity index (χ1n) is 9.48. The number of hydrogen-bond acceptors (Lipinski definition) is 6. The standard InChI is InChI=1S/C20H22N8O2/c1-10-6-11(2)22-20(21-10)28-16(7-12(3)25-28)24-18(29)8-15-13(4)23-17-9-19(30)26-27(17)14(15)5/h6-7,9H,8H2,1-5H3,(H,24,29)(H,26,30). The van der Waals surface area contributed by atoms with Gasteiger partial charge in [-0.05, 0) is 40.7 Å². The first kappa shape index (κ1) is 19.5. The fourth-order valence-electron chi connectivity index (χ4n) is 3.50. The van der Waals surface area contributed by atoms with Gasteiger partial charge in [0.1, 0.15) is 5.82 Å². The molecule has 4 aromatic heterocycles. The minimum Gasteiger partial charge on any atom is -0.310 e. The topological polar surface area (TPSA) is 123 Å². The SMILES string of the molecule is Cc1cc(C)nc(-n2nc(C)cc2NC(=O)Cc2c(C)nc3cc(=O)[nH]n3c2C)n1. The van der Waals surface area contributed by atoms with Crippen molar-refractivity contribution in [3.8, 4) is 5.95 Å². The highest BCUT2D eigenvalue weighted by Gasteiger charge is 2.17. The van der Waals surface area contributed by atoms with Crippen LogP contribution >= 0.6 is 0 Å². The summed E-state index contributed by atoms with van der Waals surface area (Å²) in [6.45, 7) is 9.27. The third-order valence-electron chi connectivity index (χ3n) is 4.80. The van der Waals surface area contributed by atoms with Crippen LogP contribution in [0.15, 0.2) is 23.0 Å². The minimum absolute atomic E-state index is 0.0960. The van der Waals surface area contributed by atoms with Crippen LogP contribution in [0.25, 0.3) is 11.6 Å². The van der Waals surface area contributed by atoms with Gasteiger partial charge in [0.15, 0.2) is 5.65 Å². The Labute approximate surface area is 172 Å². The van der Waals surface area contributed by atoms with Gasteiger partial charge in [0.2, 0.25) is 5.91 Å². The molecular weight excluding hydrogens is 384 g/mol. The molecule has 30 heavy (non-hydrogen) atoms. The summed E-state index contributed by atoms with van der Waals surface area (Å²) < 4.78 is 3.12. The predicted octanol–water partition coefficient (Wildman–Crippen LogP) is 1.72. The first-order valence-corrected chi connectivity index (χ1v) is 9.48. The summed E-state index contributed by atoms with van der Waals surface area (Å²) in [7, 11) is 0. The van der Waals surface area contributed by atoms with Gasteiger partial charge in [-0.1, -0.05) is 0 Å². The fourth-order valence-corrected chi connectivity index (χ4v) is 3.50. The molecule has 0 saturated carbocycles. The van der Waals surface area contributed by atoms with Gasteiger partial charge >= 0.3 is 0 Å². The van der Waals surface area contributed by atoms with Gasteiger partial charge in [-0.25, -0.2) is 19.5 Å². The van der Waals surface area contributed by atoms with Crippen molar-refractivity contribution in [2.24, 2.45) is 0 Å². The van der Waals surface area contributed by atoms with Crippen molar-refractivity contribution in [1.29, 1.82) is 0 Å². The minimum atomic E-state index is -0.237. The molecule has 1 amide bonds. The molecule has 0 saturated heterocycles. The third-order valence-corrected chi connectivity index (χ3v) is 4.80. The van der Waals surface area contributed by atoms with Gasteiger partial charge in [0.25, 0.3) is 11.5 Å². The molecule has 4 rings (SSSR count). The molecule has 4 heterocycles. The van der Waals surface area contributed by atoms with Crippen molar-refractivity contribution in [3.05, 3.63) is 62.6 Å². The number of fused-ring (bicyclic) bond motifs is 1. The first-order chi connectivity index (χ1) is 14.2. The maximum atomic E-state index is 12.9. The molecule has 2 N–H and O–H groups in total. The zero-order chi connectivity index (χ0) is 21.6. The van der Waals surface area contributed by atoms with Gasteiger partial charge in [-0.2, -0.15) is 9.78 Å². The van der Waals surface area contributed by atoms with Crippen LogP contribution < -0.4 is 10.9 Å². The lowest BCUT2D eigenvalue weighted by atomic mass is 10.1. The molecule has 0 aliphatic carbocycles. The summed E-state index contributed by atoms with van der Waals surface area (Å²) in [6.07, 6.45) is 0.0960. The smallest absolute Gasteiger partial charge is 0.266 e. The molecule has 0 radical (unpaired) electrons. The molecule has 0 unspecified atom stereocenters. The highest BCUT2D eigenvalue weighted by atomic mass is 16.1. The number of nitrogens with zero attached hydrogens (tertiary/aromatic N) is 6. The van der Waals surface area contributed by atoms with Crippen molar-refractivity contribution in [3.63, 3.8) is 0 Å². The Morgan fingerprint density at radius 3 is 2.40 bits per heavy atom. The largest absolute Gasteiger partial charge is 0.310 e. The Morgan fingerprint density at radius 2 is 1.70 bits per heavy atom. The number of amides is 1. The van der Waals surface area contributed by atoms with E-state index in [2.05, 4.69) is 30.5 Å². The average Bonchev–Trinajstić information content (AvgIpc) is 3.19. The number of hydrogen-bond donors (Lipinski definition) is 2. The van der Waals surface area contributed by atoms with Crippen molar-refractivity contribution in [2.75, 3.05) is 5.32 Å². The predicted molar refractivity (Wildman–Crippen MR) is 111 cm³/mol. The summed E-state index contributed by atoms with van der Waals surface area (Å²) >= 11 is 0. The number of rotatable bonds is 4. The Kier molecular flexibility index (Phi) is 4.69. The lowest BCUT2D eigenvalue weighted by molar-refractivity contribution is -0.115. The Balaban J connectivity index is 1.64. The molecule has 0 aromatic carbocycles. The second-order valence-electron chi connectivity index (χ2n) is 7.33. The third kappa shape index (κ3) is 3.59. The Bertz CT molecular complexity index is 1320. The molecule has 0 aliphatic heterocycles. The number of carbonyl (C=O) groups is 1. The number of aromatic amines is 1. The number of nitrogens with one attached hydrogen (secondary N) is 2. The molecule has 10 nitrogen and oxygen atoms in total. The van der Waals surface area contributed by atoms with Crippen LogP contribution in [0.4, 0.5) is 5.82 Å². The molecule has 0 spiro atoms. The Morgan fingerprint density at radius 1 is 1.00 bits per heavy atom. The zero-order valence-electron chi connectivity index (χ0n) is 17.4. The maximum Gasteiger partial charge on any atom is 0.266 e. The summed E-state index contributed by atoms with van der Waals surface area (Å²) in [5, 5.41) is 10.0. The normalized spacial score (nSPS) is 11.2. The van der Waals surface area contributed by atoms with E-state index >= 15 is 0 Å². The van der Waals surface area contributed by atoms with Crippen LogP contribution in [-0.2, 0) is 11.2 Å². The van der Waals surface area contributed by atoms with Gasteiger partial charge in [-0.15, -0.1) is 0 Å². The van der Waals surface area contributed by atoms with E-state index in [1.165, 1.54) is 10.7 Å². The molecule has 0 fully saturated rings. The van der Waals surface area contributed by atoms with Gasteiger partial charge in [0.05, 0.1) is 12.1 Å². The van der Waals surface area contributed by atoms with Crippen molar-refractivity contribution in [2.45, 2.75) is 41.0 Å². The lowest BCUT2D eigenvalue weighted by Gasteiger charge is -2.12. The van der Waals surface area contributed by atoms with E-state index in [0.717, 1.165) is 28.3 Å². The number of aromatic nitrogens is 7. The van der Waals surface area contributed by atoms with E-state index in [-0.39, 0.29) is 17.9 Å². The van der Waals surface area contributed by atoms with Crippen LogP contribution in [0.2, 0.25) is 0 Å². The monoisotopic (exact) mass is 406 g/mol. The average molecular weight is 406 g/mol. The van der Waals surface area contributed by atoms with Crippen molar-refractivity contribution < 1.29 is 4.79 Å². The van der Waals surface area contributed by atoms with Crippen molar-refractivity contribution >= 4 is 17.4 Å². The van der Waals surface area contributed by atoms with E-state index in [0.29, 0.717) is 23.1 Å². The second-order valence-corrected chi connectivity index (χ2v) is 7.33. The molecule has 0 aliphatic rings. The molecule has 0 atom stereocenters. The summed E-state index contributed by atoms with van der Waals surface area (Å²) in [5.41, 5.74) is 4.86. The molecule has 10 heteroatoms. The Hall–Kier alpha value is -3.82. The van der Waals surface area contributed by atoms with Crippen LogP contribution in [0.3, 0.4) is 0 Å². The van der Waals surface area contributed by atoms with Crippen molar-refractivity contribution in [1.82, 2.24) is 34.3 Å².